The lowest BCUT2D eigenvalue weighted by Crippen LogP contribution is -2.56. The fourth-order valence-electron chi connectivity index (χ4n) is 4.40. The first-order chi connectivity index (χ1) is 15.2. The van der Waals surface area contributed by atoms with Gasteiger partial charge in [0.15, 0.2) is 28.1 Å². The van der Waals surface area contributed by atoms with Crippen molar-refractivity contribution in [3.8, 4) is 17.1 Å². The van der Waals surface area contributed by atoms with Crippen LogP contribution < -0.4 is 15.4 Å². The largest absolute Gasteiger partial charge is 0.486 e. The van der Waals surface area contributed by atoms with E-state index in [9.17, 15) is 8.42 Å². The first kappa shape index (κ1) is 21.6. The number of ether oxygens (including phenoxy) is 3. The standard InChI is InChI=1S/C22H28N4O5S/c1-13-8-29-9-16-10-31-17-18(21(2,3)32(27)28)24-19(25-20(17)26(13)16)14-4-6-15(7-5-14)22(23)11-30-12-22/h4-7,13,16,32H,8-12,23H2,1-3H3/t13-,16+/m1/s1. The van der Waals surface area contributed by atoms with E-state index in [-0.39, 0.29) is 12.1 Å². The number of nitrogens with zero attached hydrogens (tertiary/aromatic N) is 3. The van der Waals surface area contributed by atoms with E-state index in [0.29, 0.717) is 56.1 Å². The minimum absolute atomic E-state index is 0.0177. The molecule has 3 aliphatic rings. The lowest BCUT2D eigenvalue weighted by atomic mass is 9.89. The van der Waals surface area contributed by atoms with Crippen LogP contribution in [0.4, 0.5) is 5.82 Å². The first-order valence-electron chi connectivity index (χ1n) is 10.7. The Hall–Kier alpha value is -2.27. The number of morpholine rings is 1. The fourth-order valence-corrected chi connectivity index (χ4v) is 4.73. The molecule has 2 aromatic rings. The van der Waals surface area contributed by atoms with Gasteiger partial charge in [-0.1, -0.05) is 24.3 Å². The Labute approximate surface area is 188 Å². The van der Waals surface area contributed by atoms with Crippen molar-refractivity contribution in [2.75, 3.05) is 37.9 Å². The average molecular weight is 461 g/mol. The SMILES string of the molecule is C[C@@H]1COC[C@H]2COc3c(nc(-c4ccc(C5(N)COC5)cc4)nc3C(C)(C)[SH](=O)=O)N21. The number of rotatable bonds is 4. The van der Waals surface area contributed by atoms with Crippen molar-refractivity contribution in [1.29, 1.82) is 0 Å². The van der Waals surface area contributed by atoms with Gasteiger partial charge in [-0.05, 0) is 26.3 Å². The van der Waals surface area contributed by atoms with Crippen LogP contribution in [0.2, 0.25) is 0 Å². The van der Waals surface area contributed by atoms with Crippen molar-refractivity contribution in [2.24, 2.45) is 5.73 Å². The van der Waals surface area contributed by atoms with Crippen molar-refractivity contribution < 1.29 is 22.6 Å². The highest BCUT2D eigenvalue weighted by Gasteiger charge is 2.41. The summed E-state index contributed by atoms with van der Waals surface area (Å²) in [6, 6.07) is 7.84. The molecule has 9 nitrogen and oxygen atoms in total. The summed E-state index contributed by atoms with van der Waals surface area (Å²) in [5.74, 6) is 1.51. The lowest BCUT2D eigenvalue weighted by molar-refractivity contribution is -0.0569. The molecule has 3 aliphatic heterocycles. The van der Waals surface area contributed by atoms with Crippen LogP contribution in [0.25, 0.3) is 11.4 Å². The van der Waals surface area contributed by atoms with Crippen LogP contribution in [0.5, 0.6) is 5.75 Å². The van der Waals surface area contributed by atoms with Crippen molar-refractivity contribution in [3.63, 3.8) is 0 Å². The maximum absolute atomic E-state index is 12.2. The van der Waals surface area contributed by atoms with Gasteiger partial charge < -0.3 is 24.8 Å². The quantitative estimate of drug-likeness (QED) is 0.648. The minimum Gasteiger partial charge on any atom is -0.486 e. The zero-order chi connectivity index (χ0) is 22.7. The van der Waals surface area contributed by atoms with Crippen LogP contribution in [0.15, 0.2) is 24.3 Å². The molecule has 0 spiro atoms. The van der Waals surface area contributed by atoms with E-state index < -0.39 is 21.0 Å². The number of aromatic nitrogens is 2. The zero-order valence-electron chi connectivity index (χ0n) is 18.4. The monoisotopic (exact) mass is 460 g/mol. The molecule has 2 N–H and O–H groups in total. The van der Waals surface area contributed by atoms with Crippen LogP contribution >= 0.6 is 0 Å². The molecule has 5 rings (SSSR count). The number of hydrogen-bond acceptors (Lipinski definition) is 9. The molecule has 0 amide bonds. The van der Waals surface area contributed by atoms with Gasteiger partial charge in [-0.15, -0.1) is 0 Å². The molecule has 10 heteroatoms. The highest BCUT2D eigenvalue weighted by atomic mass is 32.2. The van der Waals surface area contributed by atoms with Crippen molar-refractivity contribution in [1.82, 2.24) is 9.97 Å². The zero-order valence-corrected chi connectivity index (χ0v) is 19.3. The summed E-state index contributed by atoms with van der Waals surface area (Å²) >= 11 is 0. The smallest absolute Gasteiger partial charge is 0.185 e. The van der Waals surface area contributed by atoms with Gasteiger partial charge in [0.1, 0.15) is 17.0 Å². The molecule has 2 fully saturated rings. The molecule has 0 aliphatic carbocycles. The molecule has 4 heterocycles. The number of anilines is 1. The Balaban J connectivity index is 1.64. The predicted molar refractivity (Wildman–Crippen MR) is 120 cm³/mol. The second-order valence-corrected chi connectivity index (χ2v) is 11.0. The van der Waals surface area contributed by atoms with Gasteiger partial charge in [0.05, 0.1) is 44.1 Å². The molecular formula is C22H28N4O5S. The van der Waals surface area contributed by atoms with Crippen LogP contribution in [-0.2, 0) is 30.5 Å². The van der Waals surface area contributed by atoms with Gasteiger partial charge in [0.2, 0.25) is 0 Å². The van der Waals surface area contributed by atoms with Crippen molar-refractivity contribution in [2.45, 2.75) is 43.1 Å². The maximum atomic E-state index is 12.2. The topological polar surface area (TPSA) is 117 Å². The molecular weight excluding hydrogens is 432 g/mol. The van der Waals surface area contributed by atoms with Gasteiger partial charge in [-0.3, -0.25) is 0 Å². The molecule has 0 radical (unpaired) electrons. The van der Waals surface area contributed by atoms with Gasteiger partial charge in [-0.25, -0.2) is 18.4 Å². The van der Waals surface area contributed by atoms with E-state index in [0.717, 1.165) is 11.1 Å². The minimum atomic E-state index is -2.81. The number of hydrogen-bond donors (Lipinski definition) is 2. The fraction of sp³-hybridized carbons (Fsp3) is 0.545. The highest BCUT2D eigenvalue weighted by molar-refractivity contribution is 7.73. The van der Waals surface area contributed by atoms with E-state index in [4.69, 9.17) is 29.9 Å². The Morgan fingerprint density at radius 2 is 1.81 bits per heavy atom. The van der Waals surface area contributed by atoms with Gasteiger partial charge >= 0.3 is 0 Å². The molecule has 0 unspecified atom stereocenters. The van der Waals surface area contributed by atoms with E-state index in [2.05, 4.69) is 11.8 Å². The summed E-state index contributed by atoms with van der Waals surface area (Å²) in [5, 5.41) is 0. The molecule has 0 saturated carbocycles. The van der Waals surface area contributed by atoms with Crippen LogP contribution in [-0.4, -0.2) is 63.5 Å². The summed E-state index contributed by atoms with van der Waals surface area (Å²) < 4.78 is 40.1. The summed E-state index contributed by atoms with van der Waals surface area (Å²) in [4.78, 5) is 11.7. The summed E-state index contributed by atoms with van der Waals surface area (Å²) in [7, 11) is -2.81. The summed E-state index contributed by atoms with van der Waals surface area (Å²) in [6.45, 7) is 7.83. The van der Waals surface area contributed by atoms with E-state index in [1.807, 2.05) is 24.3 Å². The van der Waals surface area contributed by atoms with E-state index in [1.54, 1.807) is 13.8 Å². The molecule has 172 valence electrons. The Bertz CT molecular complexity index is 1110. The van der Waals surface area contributed by atoms with Gasteiger partial charge in [0.25, 0.3) is 0 Å². The summed E-state index contributed by atoms with van der Waals surface area (Å²) in [5.41, 5.74) is 8.02. The van der Waals surface area contributed by atoms with E-state index in [1.165, 1.54) is 0 Å². The molecule has 1 aromatic carbocycles. The molecule has 1 aromatic heterocycles. The lowest BCUT2D eigenvalue weighted by Gasteiger charge is -2.45. The van der Waals surface area contributed by atoms with Crippen molar-refractivity contribution in [3.05, 3.63) is 35.5 Å². The average Bonchev–Trinajstić information content (AvgIpc) is 2.76. The van der Waals surface area contributed by atoms with Crippen LogP contribution in [0.1, 0.15) is 32.0 Å². The van der Waals surface area contributed by atoms with Crippen LogP contribution in [0, 0.1) is 0 Å². The number of nitrogens with two attached hydrogens (primary N) is 1. The van der Waals surface area contributed by atoms with Crippen LogP contribution in [0.3, 0.4) is 0 Å². The third-order valence-electron chi connectivity index (χ3n) is 6.52. The molecule has 32 heavy (non-hydrogen) atoms. The van der Waals surface area contributed by atoms with E-state index >= 15 is 0 Å². The predicted octanol–water partition coefficient (Wildman–Crippen LogP) is 1.16. The second kappa shape index (κ2) is 7.65. The number of benzene rings is 1. The summed E-state index contributed by atoms with van der Waals surface area (Å²) in [6.07, 6.45) is 0. The normalized spacial score (nSPS) is 24.3. The Morgan fingerprint density at radius 3 is 2.44 bits per heavy atom. The van der Waals surface area contributed by atoms with Gasteiger partial charge in [0, 0.05) is 5.56 Å². The highest BCUT2D eigenvalue weighted by Crippen LogP contribution is 2.43. The molecule has 0 bridgehead atoms. The second-order valence-electron chi connectivity index (χ2n) is 9.35. The maximum Gasteiger partial charge on any atom is 0.185 e. The number of fused-ring (bicyclic) bond motifs is 3. The Morgan fingerprint density at radius 1 is 1.09 bits per heavy atom. The molecule has 2 saturated heterocycles. The number of thiol groups is 1. The third kappa shape index (κ3) is 3.37. The third-order valence-corrected chi connectivity index (χ3v) is 7.65. The first-order valence-corrected chi connectivity index (χ1v) is 11.9. The molecule has 2 atom stereocenters. The van der Waals surface area contributed by atoms with Crippen molar-refractivity contribution >= 4 is 16.5 Å². The Kier molecular flexibility index (Phi) is 5.16. The van der Waals surface area contributed by atoms with Gasteiger partial charge in [-0.2, -0.15) is 0 Å².